The van der Waals surface area contributed by atoms with Crippen molar-refractivity contribution in [2.75, 3.05) is 19.7 Å². The summed E-state index contributed by atoms with van der Waals surface area (Å²) < 4.78 is 11.7. The monoisotopic (exact) mass is 484 g/mol. The zero-order valence-corrected chi connectivity index (χ0v) is 21.1. The maximum Gasteiger partial charge on any atom is 0.181 e. The molecule has 4 atom stereocenters. The van der Waals surface area contributed by atoms with Gasteiger partial charge in [0.2, 0.25) is 0 Å². The van der Waals surface area contributed by atoms with Crippen LogP contribution in [0.2, 0.25) is 0 Å². The van der Waals surface area contributed by atoms with Crippen LogP contribution >= 0.6 is 0 Å². The van der Waals surface area contributed by atoms with E-state index in [4.69, 9.17) is 9.47 Å². The van der Waals surface area contributed by atoms with Gasteiger partial charge in [-0.3, -0.25) is 0 Å². The number of aromatic hydroxyl groups is 1. The lowest BCUT2D eigenvalue weighted by Crippen LogP contribution is -2.29. The highest BCUT2D eigenvalue weighted by atomic mass is 16.5. The summed E-state index contributed by atoms with van der Waals surface area (Å²) in [7, 11) is 0. The van der Waals surface area contributed by atoms with Crippen molar-refractivity contribution < 1.29 is 24.8 Å². The molecule has 0 aliphatic carbocycles. The SMILES string of the molecule is CCCCC1[CH-]C=C(CCc2ccc(O)c(OCC(O)[C+]3C=C(C(C)CNCC(C)O)C=N3)c2)O1. The first-order chi connectivity index (χ1) is 16.9. The molecule has 0 saturated heterocycles. The van der Waals surface area contributed by atoms with Gasteiger partial charge in [0.25, 0.3) is 0 Å². The maximum absolute atomic E-state index is 10.6. The van der Waals surface area contributed by atoms with E-state index in [2.05, 4.69) is 36.7 Å². The van der Waals surface area contributed by atoms with Crippen molar-refractivity contribution >= 4 is 6.21 Å². The van der Waals surface area contributed by atoms with Crippen LogP contribution in [0.15, 0.2) is 46.7 Å². The lowest BCUT2D eigenvalue weighted by molar-refractivity contribution is 0.120. The van der Waals surface area contributed by atoms with Crippen LogP contribution in [0.1, 0.15) is 52.0 Å². The molecule has 0 saturated carbocycles. The van der Waals surface area contributed by atoms with Crippen molar-refractivity contribution in [1.29, 1.82) is 0 Å². The van der Waals surface area contributed by atoms with Crippen LogP contribution in [0.5, 0.6) is 11.5 Å². The van der Waals surface area contributed by atoms with Gasteiger partial charge in [0.05, 0.1) is 18.1 Å². The quantitative estimate of drug-likeness (QED) is 0.282. The fourth-order valence-corrected chi connectivity index (χ4v) is 4.01. The van der Waals surface area contributed by atoms with Crippen molar-refractivity contribution in [3.05, 3.63) is 59.7 Å². The summed E-state index contributed by atoms with van der Waals surface area (Å²) >= 11 is 0. The topological polar surface area (TPSA) is 104 Å². The normalized spacial score (nSPS) is 19.6. The molecule has 0 radical (unpaired) electrons. The standard InChI is InChI=1S/C28H40N2O5/c1-4-5-6-23-10-11-24(35-23)9-7-21-8-12-26(32)28(13-21)34-18-27(33)25-14-22(17-30-25)19(2)15-29-16-20(3)31/h8,10-14,17,19-20,23,27,29,31-33H,4-7,9,15-16,18H2,1-3H3. The average Bonchev–Trinajstić information content (AvgIpc) is 3.51. The van der Waals surface area contributed by atoms with Crippen LogP contribution in [0.25, 0.3) is 0 Å². The Bertz CT molecular complexity index is 895. The van der Waals surface area contributed by atoms with Crippen LogP contribution < -0.4 is 10.1 Å². The van der Waals surface area contributed by atoms with E-state index in [0.29, 0.717) is 24.9 Å². The zero-order chi connectivity index (χ0) is 25.2. The highest BCUT2D eigenvalue weighted by Crippen LogP contribution is 2.30. The van der Waals surface area contributed by atoms with Gasteiger partial charge in [0.15, 0.2) is 29.9 Å². The van der Waals surface area contributed by atoms with Gasteiger partial charge in [0, 0.05) is 19.2 Å². The molecule has 7 heteroatoms. The van der Waals surface area contributed by atoms with Crippen LogP contribution in [-0.4, -0.2) is 59.5 Å². The second-order valence-corrected chi connectivity index (χ2v) is 9.49. The summed E-state index contributed by atoms with van der Waals surface area (Å²) in [6, 6.07) is 5.86. The summed E-state index contributed by atoms with van der Waals surface area (Å²) in [5.74, 6) is 1.57. The van der Waals surface area contributed by atoms with E-state index >= 15 is 0 Å². The molecule has 4 N–H and O–H groups in total. The van der Waals surface area contributed by atoms with Crippen molar-refractivity contribution in [1.82, 2.24) is 5.32 Å². The molecule has 3 rings (SSSR count). The summed E-state index contributed by atoms with van der Waals surface area (Å²) in [6.45, 7) is 7.23. The number of aliphatic imine (C=N–C) groups is 1. The number of hydrogen-bond acceptors (Lipinski definition) is 7. The first-order valence-electron chi connectivity index (χ1n) is 12.7. The van der Waals surface area contributed by atoms with E-state index in [1.165, 1.54) is 6.42 Å². The van der Waals surface area contributed by atoms with Crippen LogP contribution in [0, 0.1) is 18.4 Å². The van der Waals surface area contributed by atoms with Crippen molar-refractivity contribution in [2.45, 2.75) is 71.2 Å². The Morgan fingerprint density at radius 3 is 2.83 bits per heavy atom. The third kappa shape index (κ3) is 8.53. The molecule has 2 aliphatic rings. The molecule has 35 heavy (non-hydrogen) atoms. The van der Waals surface area contributed by atoms with E-state index < -0.39 is 6.10 Å². The number of nitrogens with zero attached hydrogens (tertiary/aromatic N) is 1. The van der Waals surface area contributed by atoms with Gasteiger partial charge in [-0.25, -0.2) is 0 Å². The molecule has 192 valence electrons. The number of phenols is 1. The van der Waals surface area contributed by atoms with E-state index in [1.807, 2.05) is 18.2 Å². The van der Waals surface area contributed by atoms with Crippen LogP contribution in [0.3, 0.4) is 0 Å². The smallest absolute Gasteiger partial charge is 0.181 e. The van der Waals surface area contributed by atoms with Crippen molar-refractivity contribution in [3.8, 4) is 11.5 Å². The molecule has 0 amide bonds. The molecule has 0 fully saturated rings. The van der Waals surface area contributed by atoms with Gasteiger partial charge in [-0.15, -0.1) is 4.99 Å². The van der Waals surface area contributed by atoms with E-state index in [9.17, 15) is 15.3 Å². The lowest BCUT2D eigenvalue weighted by atomic mass is 10.0. The molecule has 0 bridgehead atoms. The van der Waals surface area contributed by atoms with Crippen molar-refractivity contribution in [3.63, 3.8) is 0 Å². The second-order valence-electron chi connectivity index (χ2n) is 9.49. The Morgan fingerprint density at radius 2 is 2.06 bits per heavy atom. The van der Waals surface area contributed by atoms with Gasteiger partial charge in [-0.2, -0.15) is 12.5 Å². The molecule has 1 aromatic rings. The largest absolute Gasteiger partial charge is 0.592 e. The minimum atomic E-state index is -0.905. The van der Waals surface area contributed by atoms with E-state index in [1.54, 1.807) is 19.2 Å². The molecule has 2 heterocycles. The number of nitrogens with one attached hydrogen (secondary N) is 1. The van der Waals surface area contributed by atoms with Crippen LogP contribution in [0.4, 0.5) is 0 Å². The minimum Gasteiger partial charge on any atom is -0.592 e. The van der Waals surface area contributed by atoms with E-state index in [-0.39, 0.29) is 30.5 Å². The zero-order valence-electron chi connectivity index (χ0n) is 21.1. The highest BCUT2D eigenvalue weighted by Gasteiger charge is 2.31. The van der Waals surface area contributed by atoms with Crippen LogP contribution in [-0.2, 0) is 11.2 Å². The average molecular weight is 485 g/mol. The summed E-state index contributed by atoms with van der Waals surface area (Å²) in [5.41, 5.74) is 2.04. The molecule has 4 unspecified atom stereocenters. The Morgan fingerprint density at radius 1 is 1.23 bits per heavy atom. The number of hydrogen-bond donors (Lipinski definition) is 4. The number of phenolic OH excluding ortho intramolecular Hbond substituents is 1. The number of aliphatic hydroxyl groups excluding tert-OH is 2. The Hall–Kier alpha value is -2.61. The number of unbranched alkanes of at least 4 members (excludes halogenated alkanes) is 1. The number of aryl methyl sites for hydroxylation is 1. The Kier molecular flexibility index (Phi) is 10.4. The molecular weight excluding hydrogens is 444 g/mol. The fraction of sp³-hybridized carbons (Fsp3) is 0.536. The van der Waals surface area contributed by atoms with Gasteiger partial charge in [-0.05, 0) is 44.4 Å². The molecule has 2 aliphatic heterocycles. The minimum absolute atomic E-state index is 0.00947. The molecule has 0 spiro atoms. The maximum atomic E-state index is 10.6. The van der Waals surface area contributed by atoms with Gasteiger partial charge in [0.1, 0.15) is 12.2 Å². The van der Waals surface area contributed by atoms with Gasteiger partial charge in [-0.1, -0.05) is 38.0 Å². The third-order valence-electron chi connectivity index (χ3n) is 6.20. The summed E-state index contributed by atoms with van der Waals surface area (Å²) in [5, 5.41) is 33.4. The summed E-state index contributed by atoms with van der Waals surface area (Å²) in [6.07, 6.45) is 11.7. The van der Waals surface area contributed by atoms with Gasteiger partial charge >= 0.3 is 0 Å². The molecule has 0 aromatic heterocycles. The van der Waals surface area contributed by atoms with Gasteiger partial charge < -0.3 is 30.1 Å². The third-order valence-corrected chi connectivity index (χ3v) is 6.20. The Balaban J connectivity index is 1.45. The first-order valence-corrected chi connectivity index (χ1v) is 12.7. The first kappa shape index (κ1) is 27.0. The van der Waals surface area contributed by atoms with E-state index in [0.717, 1.165) is 42.6 Å². The lowest BCUT2D eigenvalue weighted by Gasteiger charge is -2.20. The highest BCUT2D eigenvalue weighted by molar-refractivity contribution is 5.84. The molecule has 1 aromatic carbocycles. The summed E-state index contributed by atoms with van der Waals surface area (Å²) in [4.78, 5) is 4.34. The fourth-order valence-electron chi connectivity index (χ4n) is 4.01. The number of benzene rings is 1. The molecular formula is C28H40N2O5. The number of ether oxygens (including phenoxy) is 2. The predicted octanol–water partition coefficient (Wildman–Crippen LogP) is 3.89. The Labute approximate surface area is 209 Å². The number of rotatable bonds is 15. The number of allylic oxidation sites excluding steroid dienone is 1. The predicted molar refractivity (Wildman–Crippen MR) is 138 cm³/mol. The van der Waals surface area contributed by atoms with Crippen molar-refractivity contribution in [2.24, 2.45) is 10.9 Å². The number of aliphatic hydroxyl groups is 2. The second kappa shape index (κ2) is 13.5. The molecule has 7 nitrogen and oxygen atoms in total.